The van der Waals surface area contributed by atoms with Crippen LogP contribution in [0.2, 0.25) is 0 Å². The average Bonchev–Trinajstić information content (AvgIpc) is 3.21. The molecule has 0 aliphatic carbocycles. The molecule has 1 aromatic carbocycles. The van der Waals surface area contributed by atoms with Gasteiger partial charge in [0.05, 0.1) is 11.9 Å². The zero-order valence-corrected chi connectivity index (χ0v) is 13.4. The minimum atomic E-state index is -0.391. The van der Waals surface area contributed by atoms with Gasteiger partial charge in [-0.15, -0.1) is 5.10 Å². The molecular formula is C16H18N6O2. The topological polar surface area (TPSA) is 97.9 Å². The lowest BCUT2D eigenvalue weighted by Gasteiger charge is -2.16. The first kappa shape index (κ1) is 15.7. The third-order valence-electron chi connectivity index (χ3n) is 3.68. The molecule has 0 unspecified atom stereocenters. The van der Waals surface area contributed by atoms with Crippen molar-refractivity contribution < 1.29 is 9.21 Å². The molecule has 0 radical (unpaired) electrons. The number of amides is 2. The number of carbonyl (C=O) groups excluding carboxylic acids is 1. The monoisotopic (exact) mass is 326 g/mol. The van der Waals surface area contributed by atoms with Crippen LogP contribution < -0.4 is 10.6 Å². The van der Waals surface area contributed by atoms with Crippen molar-refractivity contribution >= 4 is 11.8 Å². The number of benzene rings is 1. The van der Waals surface area contributed by atoms with Crippen LogP contribution in [-0.2, 0) is 13.5 Å². The van der Waals surface area contributed by atoms with Crippen LogP contribution in [0, 0.1) is 6.92 Å². The predicted octanol–water partition coefficient (Wildman–Crippen LogP) is 2.22. The number of hydrogen-bond acceptors (Lipinski definition) is 5. The number of oxazole rings is 1. The molecule has 0 saturated heterocycles. The normalized spacial score (nSPS) is 11.9. The van der Waals surface area contributed by atoms with Gasteiger partial charge in [0.2, 0.25) is 5.89 Å². The summed E-state index contributed by atoms with van der Waals surface area (Å²) in [6, 6.07) is 9.04. The lowest BCUT2D eigenvalue weighted by atomic mass is 10.1. The molecule has 0 aliphatic rings. The van der Waals surface area contributed by atoms with E-state index in [-0.39, 0.29) is 6.04 Å². The molecule has 8 heteroatoms. The summed E-state index contributed by atoms with van der Waals surface area (Å²) in [5.74, 6) is 0.866. The van der Waals surface area contributed by atoms with Gasteiger partial charge in [0.1, 0.15) is 12.3 Å². The van der Waals surface area contributed by atoms with Gasteiger partial charge in [-0.2, -0.15) is 0 Å². The molecule has 2 N–H and O–H groups in total. The van der Waals surface area contributed by atoms with Gasteiger partial charge in [0.25, 0.3) is 0 Å². The summed E-state index contributed by atoms with van der Waals surface area (Å²) in [4.78, 5) is 16.5. The zero-order chi connectivity index (χ0) is 16.9. The molecule has 8 nitrogen and oxygen atoms in total. The van der Waals surface area contributed by atoms with Gasteiger partial charge in [-0.1, -0.05) is 35.5 Å². The molecule has 2 heterocycles. The Kier molecular flexibility index (Phi) is 4.55. The fourth-order valence-electron chi connectivity index (χ4n) is 2.28. The Bertz CT molecular complexity index is 797. The molecule has 2 amide bonds. The number of aryl methyl sites for hydroxylation is 1. The van der Waals surface area contributed by atoms with E-state index in [1.165, 1.54) is 6.26 Å². The number of rotatable bonds is 5. The van der Waals surface area contributed by atoms with Crippen molar-refractivity contribution in [1.29, 1.82) is 0 Å². The number of anilines is 1. The summed E-state index contributed by atoms with van der Waals surface area (Å²) in [5.41, 5.74) is 1.83. The third-order valence-corrected chi connectivity index (χ3v) is 3.68. The number of urea groups is 1. The maximum atomic E-state index is 12.3. The molecule has 0 aliphatic heterocycles. The van der Waals surface area contributed by atoms with Crippen LogP contribution in [0.15, 0.2) is 47.2 Å². The summed E-state index contributed by atoms with van der Waals surface area (Å²) in [7, 11) is 1.76. The van der Waals surface area contributed by atoms with Gasteiger partial charge in [0, 0.05) is 13.5 Å². The third kappa shape index (κ3) is 3.60. The highest BCUT2D eigenvalue weighted by atomic mass is 16.3. The molecule has 2 aromatic heterocycles. The largest absolute Gasteiger partial charge is 0.447 e. The summed E-state index contributed by atoms with van der Waals surface area (Å²) in [6.07, 6.45) is 3.60. The molecule has 124 valence electrons. The highest BCUT2D eigenvalue weighted by Gasteiger charge is 2.20. The van der Waals surface area contributed by atoms with E-state index in [9.17, 15) is 4.79 Å². The number of carbonyl (C=O) groups is 1. The van der Waals surface area contributed by atoms with Crippen LogP contribution in [0.5, 0.6) is 0 Å². The highest BCUT2D eigenvalue weighted by Crippen LogP contribution is 2.17. The van der Waals surface area contributed by atoms with Gasteiger partial charge in [0.15, 0.2) is 5.82 Å². The maximum Gasteiger partial charge on any atom is 0.321 e. The molecule has 1 atom stereocenters. The number of nitrogens with one attached hydrogen (secondary N) is 2. The second-order valence-electron chi connectivity index (χ2n) is 5.36. The number of nitrogens with zero attached hydrogens (tertiary/aromatic N) is 4. The highest BCUT2D eigenvalue weighted by molar-refractivity contribution is 5.88. The van der Waals surface area contributed by atoms with Crippen LogP contribution >= 0.6 is 0 Å². The fourth-order valence-corrected chi connectivity index (χ4v) is 2.28. The van der Waals surface area contributed by atoms with Crippen molar-refractivity contribution in [1.82, 2.24) is 25.3 Å². The van der Waals surface area contributed by atoms with Crippen LogP contribution in [0.25, 0.3) is 0 Å². The lowest BCUT2D eigenvalue weighted by Crippen LogP contribution is -2.34. The van der Waals surface area contributed by atoms with Crippen LogP contribution in [0.3, 0.4) is 0 Å². The Morgan fingerprint density at radius 2 is 2.12 bits per heavy atom. The molecule has 0 saturated carbocycles. The predicted molar refractivity (Wildman–Crippen MR) is 87.3 cm³/mol. The summed E-state index contributed by atoms with van der Waals surface area (Å²) >= 11 is 0. The standard InChI is InChI=1S/C16H18N6O2/c1-11-14(20-21-22(11)2)19-16(23)18-13(15-17-8-9-24-15)10-12-6-4-3-5-7-12/h3-9,13H,10H2,1-2H3,(H2,18,19,23)/t13-/m0/s1. The van der Waals surface area contributed by atoms with E-state index < -0.39 is 6.03 Å². The summed E-state index contributed by atoms with van der Waals surface area (Å²) < 4.78 is 6.95. The Balaban J connectivity index is 1.72. The smallest absolute Gasteiger partial charge is 0.321 e. The Hall–Kier alpha value is -3.16. The quantitative estimate of drug-likeness (QED) is 0.749. The van der Waals surface area contributed by atoms with E-state index in [1.54, 1.807) is 17.9 Å². The van der Waals surface area contributed by atoms with Crippen LogP contribution in [0.4, 0.5) is 10.6 Å². The van der Waals surface area contributed by atoms with Crippen molar-refractivity contribution in [3.63, 3.8) is 0 Å². The van der Waals surface area contributed by atoms with E-state index in [4.69, 9.17) is 4.42 Å². The Labute approximate surface area is 138 Å². The van der Waals surface area contributed by atoms with E-state index in [0.29, 0.717) is 18.1 Å². The maximum absolute atomic E-state index is 12.3. The molecule has 0 fully saturated rings. The van der Waals surface area contributed by atoms with Crippen LogP contribution in [0.1, 0.15) is 23.2 Å². The minimum Gasteiger partial charge on any atom is -0.447 e. The summed E-state index contributed by atoms with van der Waals surface area (Å²) in [5, 5.41) is 13.3. The van der Waals surface area contributed by atoms with Gasteiger partial charge in [-0.05, 0) is 12.5 Å². The molecule has 0 bridgehead atoms. The second kappa shape index (κ2) is 6.95. The molecule has 3 rings (SSSR count). The zero-order valence-electron chi connectivity index (χ0n) is 13.4. The minimum absolute atomic E-state index is 0.389. The van der Waals surface area contributed by atoms with Gasteiger partial charge in [-0.3, -0.25) is 10.00 Å². The molecule has 24 heavy (non-hydrogen) atoms. The van der Waals surface area contributed by atoms with E-state index in [1.807, 2.05) is 37.3 Å². The average molecular weight is 326 g/mol. The Morgan fingerprint density at radius 3 is 2.75 bits per heavy atom. The number of aromatic nitrogens is 4. The first-order valence-corrected chi connectivity index (χ1v) is 7.50. The van der Waals surface area contributed by atoms with E-state index in [0.717, 1.165) is 11.3 Å². The summed E-state index contributed by atoms with van der Waals surface area (Å²) in [6.45, 7) is 1.82. The van der Waals surface area contributed by atoms with Gasteiger partial charge < -0.3 is 9.73 Å². The Morgan fingerprint density at radius 1 is 1.33 bits per heavy atom. The van der Waals surface area contributed by atoms with Gasteiger partial charge in [-0.25, -0.2) is 9.78 Å². The molecule has 0 spiro atoms. The van der Waals surface area contributed by atoms with Crippen molar-refractivity contribution in [2.45, 2.75) is 19.4 Å². The first-order chi connectivity index (χ1) is 11.6. The fraction of sp³-hybridized carbons (Fsp3) is 0.250. The first-order valence-electron chi connectivity index (χ1n) is 7.50. The SMILES string of the molecule is Cc1c(NC(=O)N[C@@H](Cc2ccccc2)c2ncco2)nnn1C. The van der Waals surface area contributed by atoms with Crippen molar-refractivity contribution in [2.24, 2.45) is 7.05 Å². The molecule has 3 aromatic rings. The van der Waals surface area contributed by atoms with Crippen LogP contribution in [-0.4, -0.2) is 26.0 Å². The van der Waals surface area contributed by atoms with E-state index >= 15 is 0 Å². The second-order valence-corrected chi connectivity index (χ2v) is 5.36. The molecular weight excluding hydrogens is 308 g/mol. The number of hydrogen-bond donors (Lipinski definition) is 2. The van der Waals surface area contributed by atoms with Crippen molar-refractivity contribution in [2.75, 3.05) is 5.32 Å². The van der Waals surface area contributed by atoms with Crippen molar-refractivity contribution in [3.8, 4) is 0 Å². The van der Waals surface area contributed by atoms with Crippen molar-refractivity contribution in [3.05, 3.63) is 59.9 Å². The lowest BCUT2D eigenvalue weighted by molar-refractivity contribution is 0.245. The van der Waals surface area contributed by atoms with Gasteiger partial charge >= 0.3 is 6.03 Å². The van der Waals surface area contributed by atoms with E-state index in [2.05, 4.69) is 25.9 Å².